The van der Waals surface area contributed by atoms with Crippen molar-refractivity contribution in [2.75, 3.05) is 6.61 Å². The maximum Gasteiger partial charge on any atom is 0.389 e. The fourth-order valence-corrected chi connectivity index (χ4v) is 1.92. The van der Waals surface area contributed by atoms with Crippen LogP contribution in [0.25, 0.3) is 0 Å². The lowest BCUT2D eigenvalue weighted by Crippen LogP contribution is -2.27. The molecule has 0 bridgehead atoms. The normalized spacial score (nSPS) is 15.3. The molecule has 2 unspecified atom stereocenters. The van der Waals surface area contributed by atoms with Crippen LogP contribution in [0.15, 0.2) is 24.3 Å². The van der Waals surface area contributed by atoms with E-state index in [1.54, 1.807) is 31.2 Å². The first-order chi connectivity index (χ1) is 8.79. The summed E-state index contributed by atoms with van der Waals surface area (Å²) in [6.45, 7) is 1.76. The highest BCUT2D eigenvalue weighted by atomic mass is 35.5. The van der Waals surface area contributed by atoms with Gasteiger partial charge in [-0.2, -0.15) is 13.2 Å². The van der Waals surface area contributed by atoms with Crippen LogP contribution in [0.3, 0.4) is 0 Å². The van der Waals surface area contributed by atoms with Crippen LogP contribution in [-0.4, -0.2) is 18.8 Å². The van der Waals surface area contributed by atoms with Crippen molar-refractivity contribution in [1.82, 2.24) is 0 Å². The van der Waals surface area contributed by atoms with Gasteiger partial charge in [-0.3, -0.25) is 0 Å². The van der Waals surface area contributed by atoms with Gasteiger partial charge >= 0.3 is 6.18 Å². The van der Waals surface area contributed by atoms with Crippen molar-refractivity contribution in [2.24, 2.45) is 5.73 Å². The summed E-state index contributed by atoms with van der Waals surface area (Å²) in [6, 6.07) is 6.64. The van der Waals surface area contributed by atoms with Crippen molar-refractivity contribution in [3.63, 3.8) is 0 Å². The molecule has 0 aliphatic rings. The maximum absolute atomic E-state index is 12.0. The number of rotatable bonds is 6. The lowest BCUT2D eigenvalue weighted by molar-refractivity contribution is -0.139. The van der Waals surface area contributed by atoms with Crippen LogP contribution in [0.2, 0.25) is 5.02 Å². The minimum absolute atomic E-state index is 0.0121. The number of benzene rings is 1. The summed E-state index contributed by atoms with van der Waals surface area (Å²) >= 11 is 5.87. The third-order valence-electron chi connectivity index (χ3n) is 2.56. The van der Waals surface area contributed by atoms with Crippen LogP contribution >= 0.6 is 11.6 Å². The van der Waals surface area contributed by atoms with Crippen LogP contribution in [0.5, 0.6) is 0 Å². The molecule has 0 radical (unpaired) electrons. The van der Waals surface area contributed by atoms with E-state index in [9.17, 15) is 13.2 Å². The Morgan fingerprint density at radius 3 is 2.58 bits per heavy atom. The Hall–Kier alpha value is -0.780. The van der Waals surface area contributed by atoms with Gasteiger partial charge in [0.1, 0.15) is 0 Å². The first-order valence-corrected chi connectivity index (χ1v) is 6.37. The predicted molar refractivity (Wildman–Crippen MR) is 69.1 cm³/mol. The fraction of sp³-hybridized carbons (Fsp3) is 0.538. The lowest BCUT2D eigenvalue weighted by atomic mass is 10.0. The molecule has 2 atom stereocenters. The molecule has 0 aliphatic heterocycles. The van der Waals surface area contributed by atoms with E-state index in [2.05, 4.69) is 0 Å². The van der Waals surface area contributed by atoms with E-state index in [1.165, 1.54) is 0 Å². The van der Waals surface area contributed by atoms with E-state index in [-0.39, 0.29) is 19.1 Å². The highest BCUT2D eigenvalue weighted by molar-refractivity contribution is 6.30. The molecule has 2 N–H and O–H groups in total. The van der Waals surface area contributed by atoms with Gasteiger partial charge in [0.2, 0.25) is 0 Å². The average molecular weight is 296 g/mol. The Labute approximate surface area is 115 Å². The van der Waals surface area contributed by atoms with Crippen molar-refractivity contribution >= 4 is 11.6 Å². The summed E-state index contributed by atoms with van der Waals surface area (Å²) in [5.74, 6) is 0. The molecule has 0 aromatic heterocycles. The summed E-state index contributed by atoms with van der Waals surface area (Å²) in [5, 5.41) is 0.544. The smallest absolute Gasteiger partial charge is 0.372 e. The summed E-state index contributed by atoms with van der Waals surface area (Å²) in [4.78, 5) is 0. The average Bonchev–Trinajstić information content (AvgIpc) is 2.26. The molecular formula is C13H17ClF3NO. The molecule has 108 valence electrons. The van der Waals surface area contributed by atoms with Crippen molar-refractivity contribution in [3.05, 3.63) is 34.9 Å². The quantitative estimate of drug-likeness (QED) is 0.802. The standard InChI is InChI=1S/C13H17ClF3NO/c1-9(18)12(10-4-2-5-11(14)8-10)19-7-3-6-13(15,16)17/h2,4-5,8-9,12H,3,6-7,18H2,1H3. The molecule has 0 fully saturated rings. The zero-order valence-corrected chi connectivity index (χ0v) is 11.3. The SMILES string of the molecule is CC(N)C(OCCCC(F)(F)F)c1cccc(Cl)c1. The van der Waals surface area contributed by atoms with Gasteiger partial charge in [0.05, 0.1) is 6.10 Å². The zero-order valence-electron chi connectivity index (χ0n) is 10.6. The first-order valence-electron chi connectivity index (χ1n) is 5.99. The molecule has 0 amide bonds. The van der Waals surface area contributed by atoms with Crippen LogP contribution in [0, 0.1) is 0 Å². The van der Waals surface area contributed by atoms with E-state index < -0.39 is 18.7 Å². The summed E-state index contributed by atoms with van der Waals surface area (Å²) in [5.41, 5.74) is 6.57. The van der Waals surface area contributed by atoms with Gasteiger partial charge in [-0.05, 0) is 31.0 Å². The molecule has 0 spiro atoms. The minimum atomic E-state index is -4.15. The van der Waals surface area contributed by atoms with Gasteiger partial charge in [0.15, 0.2) is 0 Å². The third-order valence-corrected chi connectivity index (χ3v) is 2.79. The van der Waals surface area contributed by atoms with Gasteiger partial charge in [0, 0.05) is 24.1 Å². The topological polar surface area (TPSA) is 35.2 Å². The number of ether oxygens (including phenoxy) is 1. The second kappa shape index (κ2) is 7.12. The number of hydrogen-bond acceptors (Lipinski definition) is 2. The largest absolute Gasteiger partial charge is 0.389 e. The van der Waals surface area contributed by atoms with Gasteiger partial charge in [-0.1, -0.05) is 23.7 Å². The van der Waals surface area contributed by atoms with Crippen molar-refractivity contribution in [3.8, 4) is 0 Å². The molecule has 0 saturated heterocycles. The molecule has 19 heavy (non-hydrogen) atoms. The molecule has 0 saturated carbocycles. The van der Waals surface area contributed by atoms with Crippen molar-refractivity contribution < 1.29 is 17.9 Å². The summed E-state index contributed by atoms with van der Waals surface area (Å²) in [7, 11) is 0. The molecule has 0 heterocycles. The number of alkyl halides is 3. The molecule has 2 nitrogen and oxygen atoms in total. The van der Waals surface area contributed by atoms with E-state index in [4.69, 9.17) is 22.1 Å². The fourth-order valence-electron chi connectivity index (χ4n) is 1.72. The second-order valence-electron chi connectivity index (χ2n) is 4.42. The monoisotopic (exact) mass is 295 g/mol. The maximum atomic E-state index is 12.0. The summed E-state index contributed by atoms with van der Waals surface area (Å²) in [6.07, 6.45) is -5.53. The molecule has 1 aromatic rings. The van der Waals surface area contributed by atoms with Crippen LogP contribution < -0.4 is 5.73 Å². The van der Waals surface area contributed by atoms with E-state index >= 15 is 0 Å². The van der Waals surface area contributed by atoms with Crippen LogP contribution in [-0.2, 0) is 4.74 Å². The zero-order chi connectivity index (χ0) is 14.5. The summed E-state index contributed by atoms with van der Waals surface area (Å²) < 4.78 is 41.5. The Balaban J connectivity index is 2.55. The highest BCUT2D eigenvalue weighted by Crippen LogP contribution is 2.25. The second-order valence-corrected chi connectivity index (χ2v) is 4.86. The lowest BCUT2D eigenvalue weighted by Gasteiger charge is -2.22. The Morgan fingerprint density at radius 2 is 2.05 bits per heavy atom. The first kappa shape index (κ1) is 16.3. The Bertz CT molecular complexity index is 396. The molecule has 1 aromatic carbocycles. The van der Waals surface area contributed by atoms with Crippen LogP contribution in [0.4, 0.5) is 13.2 Å². The van der Waals surface area contributed by atoms with Gasteiger partial charge in [-0.15, -0.1) is 0 Å². The predicted octanol–water partition coefficient (Wildman–Crippen LogP) is 4.09. The van der Waals surface area contributed by atoms with E-state index in [0.29, 0.717) is 5.02 Å². The van der Waals surface area contributed by atoms with Gasteiger partial charge in [-0.25, -0.2) is 0 Å². The van der Waals surface area contributed by atoms with Gasteiger partial charge in [0.25, 0.3) is 0 Å². The third kappa shape index (κ3) is 6.27. The minimum Gasteiger partial charge on any atom is -0.372 e. The van der Waals surface area contributed by atoms with Crippen molar-refractivity contribution in [2.45, 2.75) is 38.1 Å². The molecular weight excluding hydrogens is 279 g/mol. The number of halogens is 4. The molecule has 1 rings (SSSR count). The Morgan fingerprint density at radius 1 is 1.37 bits per heavy atom. The molecule has 0 aliphatic carbocycles. The van der Waals surface area contributed by atoms with Crippen LogP contribution in [0.1, 0.15) is 31.4 Å². The van der Waals surface area contributed by atoms with Gasteiger partial charge < -0.3 is 10.5 Å². The van der Waals surface area contributed by atoms with Crippen molar-refractivity contribution in [1.29, 1.82) is 0 Å². The van der Waals surface area contributed by atoms with E-state index in [1.807, 2.05) is 0 Å². The Kier molecular flexibility index (Phi) is 6.10. The molecule has 6 heteroatoms. The number of hydrogen-bond donors (Lipinski definition) is 1. The number of nitrogens with two attached hydrogens (primary N) is 1. The highest BCUT2D eigenvalue weighted by Gasteiger charge is 2.26. The van der Waals surface area contributed by atoms with E-state index in [0.717, 1.165) is 5.56 Å².